The van der Waals surface area contributed by atoms with Crippen LogP contribution in [0.2, 0.25) is 10.0 Å². The second-order valence-corrected chi connectivity index (χ2v) is 11.0. The molecule has 37 heavy (non-hydrogen) atoms. The number of halogens is 2. The van der Waals surface area contributed by atoms with Gasteiger partial charge in [-0.3, -0.25) is 9.78 Å². The molecule has 3 aromatic heterocycles. The van der Waals surface area contributed by atoms with Gasteiger partial charge >= 0.3 is 0 Å². The average Bonchev–Trinajstić information content (AvgIpc) is 3.44. The molecule has 1 spiro atoms. The van der Waals surface area contributed by atoms with Crippen LogP contribution in [-0.2, 0) is 12.0 Å². The summed E-state index contributed by atoms with van der Waals surface area (Å²) in [6.45, 7) is 1.89. The van der Waals surface area contributed by atoms with Crippen LogP contribution in [-0.4, -0.2) is 31.3 Å². The van der Waals surface area contributed by atoms with Crippen LogP contribution in [0.1, 0.15) is 24.0 Å². The minimum atomic E-state index is -0.417. The molecule has 5 aromatic rings. The molecule has 1 fully saturated rings. The minimum Gasteiger partial charge on any atom is -0.324 e. The van der Waals surface area contributed by atoms with Crippen LogP contribution in [0.3, 0.4) is 0 Å². The van der Waals surface area contributed by atoms with Crippen LogP contribution in [0.5, 0.6) is 0 Å². The van der Waals surface area contributed by atoms with Crippen molar-refractivity contribution in [3.05, 3.63) is 85.8 Å². The first-order valence-corrected chi connectivity index (χ1v) is 13.4. The summed E-state index contributed by atoms with van der Waals surface area (Å²) < 4.78 is 1.21. The lowest BCUT2D eigenvalue weighted by Crippen LogP contribution is -2.33. The number of hydrogen-bond acceptors (Lipinski definition) is 8. The molecule has 2 N–H and O–H groups in total. The fourth-order valence-corrected chi connectivity index (χ4v) is 6.18. The maximum Gasteiger partial charge on any atom is 0.282 e. The predicted molar refractivity (Wildman–Crippen MR) is 146 cm³/mol. The molecule has 184 valence electrons. The van der Waals surface area contributed by atoms with Crippen molar-refractivity contribution in [2.24, 2.45) is 0 Å². The summed E-state index contributed by atoms with van der Waals surface area (Å²) >= 11 is 14.2. The van der Waals surface area contributed by atoms with Crippen molar-refractivity contribution in [2.45, 2.75) is 24.8 Å². The summed E-state index contributed by atoms with van der Waals surface area (Å²) in [5.41, 5.74) is 6.43. The molecule has 0 saturated heterocycles. The number of fused-ring (bicyclic) bond motifs is 3. The van der Waals surface area contributed by atoms with Crippen LogP contribution in [0.4, 0.5) is 11.6 Å². The molecule has 0 amide bonds. The standard InChI is InChI=1S/C26H19Cl2N7OS/c27-18-2-1-3-19(28)23(18)35-24(36)16-10-31-25(33-21(16)22(34-35)20-11-30-13-37-20)32-15-4-5-17-14(8-15)9-29-12-26(17)6-7-26/h1-5,8,10-11,13,29H,6-7,9,12H2,(H,31,32,33). The van der Waals surface area contributed by atoms with Gasteiger partial charge in [-0.05, 0) is 48.2 Å². The van der Waals surface area contributed by atoms with Gasteiger partial charge in [-0.1, -0.05) is 35.3 Å². The van der Waals surface area contributed by atoms with Crippen LogP contribution in [0.15, 0.2) is 59.1 Å². The van der Waals surface area contributed by atoms with Crippen molar-refractivity contribution >= 4 is 57.1 Å². The number of rotatable bonds is 4. The number of benzene rings is 2. The van der Waals surface area contributed by atoms with E-state index in [0.717, 1.165) is 23.7 Å². The van der Waals surface area contributed by atoms with Crippen LogP contribution in [0, 0.1) is 0 Å². The molecule has 4 heterocycles. The summed E-state index contributed by atoms with van der Waals surface area (Å²) in [7, 11) is 0. The topological polar surface area (TPSA) is 97.6 Å². The number of aromatic nitrogens is 5. The van der Waals surface area contributed by atoms with E-state index in [4.69, 9.17) is 28.2 Å². The minimum absolute atomic E-state index is 0.297. The van der Waals surface area contributed by atoms with Gasteiger partial charge in [-0.25, -0.2) is 9.97 Å². The third-order valence-corrected chi connectivity index (χ3v) is 8.41. The fraction of sp³-hybridized carbons (Fsp3) is 0.192. The summed E-state index contributed by atoms with van der Waals surface area (Å²) in [5.74, 6) is 0.373. The Hall–Kier alpha value is -3.37. The van der Waals surface area contributed by atoms with Crippen LogP contribution < -0.4 is 16.2 Å². The lowest BCUT2D eigenvalue weighted by atomic mass is 9.88. The summed E-state index contributed by atoms with van der Waals surface area (Å²) in [6, 6.07) is 11.5. The average molecular weight is 548 g/mol. The molecular formula is C26H19Cl2N7OS. The predicted octanol–water partition coefficient (Wildman–Crippen LogP) is 5.48. The van der Waals surface area contributed by atoms with E-state index in [-0.39, 0.29) is 0 Å². The highest BCUT2D eigenvalue weighted by Crippen LogP contribution is 2.50. The zero-order chi connectivity index (χ0) is 25.1. The molecule has 0 radical (unpaired) electrons. The van der Waals surface area contributed by atoms with Crippen molar-refractivity contribution in [2.75, 3.05) is 11.9 Å². The second kappa shape index (κ2) is 8.59. The zero-order valence-electron chi connectivity index (χ0n) is 19.3. The lowest BCUT2D eigenvalue weighted by molar-refractivity contribution is 0.531. The Kier molecular flexibility index (Phi) is 5.30. The molecule has 1 aliphatic carbocycles. The molecule has 8 nitrogen and oxygen atoms in total. The van der Waals surface area contributed by atoms with Gasteiger partial charge in [-0.2, -0.15) is 9.78 Å². The quantitative estimate of drug-likeness (QED) is 0.307. The van der Waals surface area contributed by atoms with E-state index >= 15 is 0 Å². The van der Waals surface area contributed by atoms with Crippen LogP contribution in [0.25, 0.3) is 27.2 Å². The van der Waals surface area contributed by atoms with E-state index in [2.05, 4.69) is 43.9 Å². The highest BCUT2D eigenvalue weighted by atomic mass is 35.5. The lowest BCUT2D eigenvalue weighted by Gasteiger charge is -2.26. The Bertz CT molecular complexity index is 1730. The van der Waals surface area contributed by atoms with E-state index in [1.807, 2.05) is 0 Å². The normalized spacial score (nSPS) is 15.6. The first-order valence-electron chi connectivity index (χ1n) is 11.8. The molecule has 2 aromatic carbocycles. The number of nitrogens with zero attached hydrogens (tertiary/aromatic N) is 5. The van der Waals surface area contributed by atoms with Gasteiger partial charge in [0.25, 0.3) is 5.56 Å². The van der Waals surface area contributed by atoms with Gasteiger partial charge in [0.05, 0.1) is 25.8 Å². The van der Waals surface area contributed by atoms with Gasteiger partial charge in [0, 0.05) is 36.6 Å². The SMILES string of the molecule is O=c1c2cnc(Nc3ccc4c(c3)CNCC43CC3)nc2c(-c2cncs2)nn1-c1c(Cl)cccc1Cl. The van der Waals surface area contributed by atoms with E-state index in [9.17, 15) is 4.79 Å². The first kappa shape index (κ1) is 22.8. The van der Waals surface area contributed by atoms with Gasteiger partial charge in [-0.15, -0.1) is 11.3 Å². The molecular weight excluding hydrogens is 529 g/mol. The molecule has 0 atom stereocenters. The van der Waals surface area contributed by atoms with E-state index in [0.29, 0.717) is 43.7 Å². The van der Waals surface area contributed by atoms with E-state index in [1.54, 1.807) is 29.9 Å². The largest absolute Gasteiger partial charge is 0.324 e. The Morgan fingerprint density at radius 2 is 1.95 bits per heavy atom. The Morgan fingerprint density at radius 3 is 2.70 bits per heavy atom. The number of thiazole rings is 1. The van der Waals surface area contributed by atoms with Crippen molar-refractivity contribution in [1.29, 1.82) is 0 Å². The molecule has 1 saturated carbocycles. The number of anilines is 2. The van der Waals surface area contributed by atoms with E-state index < -0.39 is 5.56 Å². The Labute approximate surface area is 225 Å². The Balaban J connectivity index is 1.35. The van der Waals surface area contributed by atoms with Gasteiger partial charge in [0.2, 0.25) is 5.95 Å². The first-order chi connectivity index (χ1) is 18.0. The summed E-state index contributed by atoms with van der Waals surface area (Å²) in [6.07, 6.45) is 5.67. The van der Waals surface area contributed by atoms with Crippen molar-refractivity contribution < 1.29 is 0 Å². The third-order valence-electron chi connectivity index (χ3n) is 7.02. The molecule has 7 rings (SSSR count). The summed E-state index contributed by atoms with van der Waals surface area (Å²) in [5, 5.41) is 12.4. The van der Waals surface area contributed by atoms with Gasteiger partial charge in [0.15, 0.2) is 0 Å². The third kappa shape index (κ3) is 3.81. The molecule has 0 unspecified atom stereocenters. The van der Waals surface area contributed by atoms with Crippen LogP contribution >= 0.6 is 34.5 Å². The molecule has 1 aliphatic heterocycles. The number of nitrogens with one attached hydrogen (secondary N) is 2. The monoisotopic (exact) mass is 547 g/mol. The van der Waals surface area contributed by atoms with Crippen molar-refractivity contribution in [3.63, 3.8) is 0 Å². The highest BCUT2D eigenvalue weighted by molar-refractivity contribution is 7.13. The molecule has 11 heteroatoms. The maximum absolute atomic E-state index is 13.5. The van der Waals surface area contributed by atoms with Crippen molar-refractivity contribution in [1.82, 2.24) is 30.0 Å². The number of hydrogen-bond donors (Lipinski definition) is 2. The highest BCUT2D eigenvalue weighted by Gasteiger charge is 2.46. The molecule has 0 bridgehead atoms. The number of para-hydroxylation sites is 1. The van der Waals surface area contributed by atoms with Gasteiger partial charge < -0.3 is 10.6 Å². The maximum atomic E-state index is 13.5. The Morgan fingerprint density at radius 1 is 1.11 bits per heavy atom. The second-order valence-electron chi connectivity index (χ2n) is 9.34. The summed E-state index contributed by atoms with van der Waals surface area (Å²) in [4.78, 5) is 27.6. The van der Waals surface area contributed by atoms with Crippen molar-refractivity contribution in [3.8, 4) is 16.3 Å². The fourth-order valence-electron chi connectivity index (χ4n) is 5.02. The van der Waals surface area contributed by atoms with Gasteiger partial charge in [0.1, 0.15) is 16.9 Å². The van der Waals surface area contributed by atoms with E-state index in [1.165, 1.54) is 46.2 Å². The molecule has 2 aliphatic rings. The zero-order valence-corrected chi connectivity index (χ0v) is 21.7. The smallest absolute Gasteiger partial charge is 0.282 e.